The molecule has 0 aromatic heterocycles. The third-order valence-corrected chi connectivity index (χ3v) is 2.22. The lowest BCUT2D eigenvalue weighted by Crippen LogP contribution is -2.34. The number of rotatable bonds is 3. The summed E-state index contributed by atoms with van der Waals surface area (Å²) in [5.41, 5.74) is 0. The van der Waals surface area contributed by atoms with Gasteiger partial charge in [-0.05, 0) is 12.3 Å². The van der Waals surface area contributed by atoms with Crippen LogP contribution in [0.1, 0.15) is 20.3 Å². The molecule has 2 atom stereocenters. The van der Waals surface area contributed by atoms with E-state index in [9.17, 15) is 0 Å². The van der Waals surface area contributed by atoms with E-state index in [1.54, 1.807) is 0 Å². The summed E-state index contributed by atoms with van der Waals surface area (Å²) in [6.45, 7) is 6.56. The van der Waals surface area contributed by atoms with Crippen LogP contribution in [0.15, 0.2) is 0 Å². The second kappa shape index (κ2) is 4.73. The first kappa shape index (κ1) is 9.01. The van der Waals surface area contributed by atoms with Gasteiger partial charge in [-0.15, -0.1) is 0 Å². The Bertz CT molecular complexity index is 93.7. The van der Waals surface area contributed by atoms with Gasteiger partial charge in [0.05, 0.1) is 25.9 Å². The molecule has 0 spiro atoms. The van der Waals surface area contributed by atoms with Crippen molar-refractivity contribution in [1.82, 2.24) is 0 Å². The van der Waals surface area contributed by atoms with Crippen molar-refractivity contribution in [2.45, 2.75) is 26.4 Å². The number of ether oxygens (including phenoxy) is 2. The third kappa shape index (κ3) is 2.46. The van der Waals surface area contributed by atoms with Gasteiger partial charge in [-0.2, -0.15) is 0 Å². The minimum absolute atomic E-state index is 0.304. The highest BCUT2D eigenvalue weighted by Crippen LogP contribution is 2.17. The van der Waals surface area contributed by atoms with Crippen LogP contribution in [-0.4, -0.2) is 25.9 Å². The monoisotopic (exact) mass is 157 g/mol. The molecule has 0 saturated carbocycles. The molecule has 11 heavy (non-hydrogen) atoms. The van der Waals surface area contributed by atoms with Crippen molar-refractivity contribution >= 4 is 0 Å². The van der Waals surface area contributed by atoms with E-state index in [1.165, 1.54) is 0 Å². The molecule has 2 heteroatoms. The molecule has 0 bridgehead atoms. The predicted octanol–water partition coefficient (Wildman–Crippen LogP) is 1.65. The predicted molar refractivity (Wildman–Crippen MR) is 44.3 cm³/mol. The van der Waals surface area contributed by atoms with Crippen LogP contribution in [0.5, 0.6) is 0 Å². The van der Waals surface area contributed by atoms with Crippen LogP contribution in [0, 0.1) is 12.3 Å². The number of hydrogen-bond donors (Lipinski definition) is 0. The number of hydrogen-bond acceptors (Lipinski definition) is 2. The molecule has 0 aromatic carbocycles. The van der Waals surface area contributed by atoms with E-state index in [4.69, 9.17) is 9.47 Å². The highest BCUT2D eigenvalue weighted by Gasteiger charge is 2.21. The summed E-state index contributed by atoms with van der Waals surface area (Å²) in [7, 11) is 0. The normalized spacial score (nSPS) is 25.9. The maximum absolute atomic E-state index is 5.57. The molecule has 0 aliphatic carbocycles. The standard InChI is InChI=1S/C9H17O2/c1-3-8(4-2)9-7-10-5-6-11-9/h3,8-9H,4-7H2,1-2H3. The molecule has 0 amide bonds. The Hall–Kier alpha value is -0.0800. The second-order valence-electron chi connectivity index (χ2n) is 2.89. The first-order chi connectivity index (χ1) is 5.38. The van der Waals surface area contributed by atoms with Gasteiger partial charge in [-0.1, -0.05) is 20.3 Å². The smallest absolute Gasteiger partial charge is 0.0840 e. The fraction of sp³-hybridized carbons (Fsp3) is 0.889. The van der Waals surface area contributed by atoms with E-state index in [0.717, 1.165) is 26.2 Å². The van der Waals surface area contributed by atoms with Gasteiger partial charge in [0.15, 0.2) is 0 Å². The molecule has 1 rings (SSSR count). The first-order valence-corrected chi connectivity index (χ1v) is 4.37. The summed E-state index contributed by atoms with van der Waals surface area (Å²) in [5.74, 6) is 0.565. The SMILES string of the molecule is C[CH]C(CC)C1COCCO1. The Morgan fingerprint density at radius 2 is 2.36 bits per heavy atom. The molecule has 0 N–H and O–H groups in total. The minimum Gasteiger partial charge on any atom is -0.376 e. The van der Waals surface area contributed by atoms with Crippen LogP contribution in [0.25, 0.3) is 0 Å². The van der Waals surface area contributed by atoms with E-state index in [0.29, 0.717) is 12.0 Å². The summed E-state index contributed by atoms with van der Waals surface area (Å²) < 4.78 is 10.9. The van der Waals surface area contributed by atoms with E-state index in [1.807, 2.05) is 0 Å². The highest BCUT2D eigenvalue weighted by molar-refractivity contribution is 4.79. The van der Waals surface area contributed by atoms with Gasteiger partial charge in [0.1, 0.15) is 0 Å². The first-order valence-electron chi connectivity index (χ1n) is 4.37. The quantitative estimate of drug-likeness (QED) is 0.620. The van der Waals surface area contributed by atoms with E-state index in [2.05, 4.69) is 20.3 Å². The lowest BCUT2D eigenvalue weighted by molar-refractivity contribution is -0.106. The maximum Gasteiger partial charge on any atom is 0.0840 e. The van der Waals surface area contributed by atoms with E-state index >= 15 is 0 Å². The summed E-state index contributed by atoms with van der Waals surface area (Å²) in [6, 6.07) is 0. The zero-order valence-corrected chi connectivity index (χ0v) is 7.38. The molecule has 1 aliphatic rings. The molecular formula is C9H17O2. The van der Waals surface area contributed by atoms with Gasteiger partial charge in [0.2, 0.25) is 0 Å². The van der Waals surface area contributed by atoms with Gasteiger partial charge in [0.25, 0.3) is 0 Å². The Kier molecular flexibility index (Phi) is 3.87. The van der Waals surface area contributed by atoms with Crippen molar-refractivity contribution in [3.05, 3.63) is 6.42 Å². The molecule has 0 aromatic rings. The van der Waals surface area contributed by atoms with Gasteiger partial charge in [-0.25, -0.2) is 0 Å². The van der Waals surface area contributed by atoms with Gasteiger partial charge >= 0.3 is 0 Å². The van der Waals surface area contributed by atoms with Crippen LogP contribution in [0.4, 0.5) is 0 Å². The average molecular weight is 157 g/mol. The van der Waals surface area contributed by atoms with Crippen molar-refractivity contribution in [3.63, 3.8) is 0 Å². The molecule has 2 unspecified atom stereocenters. The molecule has 1 fully saturated rings. The van der Waals surface area contributed by atoms with Crippen LogP contribution >= 0.6 is 0 Å². The van der Waals surface area contributed by atoms with Crippen molar-refractivity contribution in [3.8, 4) is 0 Å². The molecule has 1 heterocycles. The summed E-state index contributed by atoms with van der Waals surface area (Å²) in [5, 5.41) is 0. The van der Waals surface area contributed by atoms with Crippen molar-refractivity contribution in [2.24, 2.45) is 5.92 Å². The molecule has 65 valence electrons. The minimum atomic E-state index is 0.304. The van der Waals surface area contributed by atoms with Gasteiger partial charge in [-0.3, -0.25) is 0 Å². The zero-order chi connectivity index (χ0) is 8.10. The zero-order valence-electron chi connectivity index (χ0n) is 7.38. The molecule has 2 nitrogen and oxygen atoms in total. The second-order valence-corrected chi connectivity index (χ2v) is 2.89. The summed E-state index contributed by atoms with van der Waals surface area (Å²) in [4.78, 5) is 0. The fourth-order valence-electron chi connectivity index (χ4n) is 1.47. The third-order valence-electron chi connectivity index (χ3n) is 2.22. The van der Waals surface area contributed by atoms with Crippen molar-refractivity contribution in [1.29, 1.82) is 0 Å². The van der Waals surface area contributed by atoms with Crippen molar-refractivity contribution < 1.29 is 9.47 Å². The van der Waals surface area contributed by atoms with Crippen LogP contribution in [-0.2, 0) is 9.47 Å². The van der Waals surface area contributed by atoms with E-state index < -0.39 is 0 Å². The largest absolute Gasteiger partial charge is 0.376 e. The Morgan fingerprint density at radius 3 is 2.82 bits per heavy atom. The topological polar surface area (TPSA) is 18.5 Å². The molecule has 1 aliphatic heterocycles. The van der Waals surface area contributed by atoms with E-state index in [-0.39, 0.29) is 0 Å². The van der Waals surface area contributed by atoms with Gasteiger partial charge in [0, 0.05) is 0 Å². The summed E-state index contributed by atoms with van der Waals surface area (Å²) in [6.07, 6.45) is 3.66. The van der Waals surface area contributed by atoms with Crippen LogP contribution in [0.3, 0.4) is 0 Å². The van der Waals surface area contributed by atoms with Crippen LogP contribution in [0.2, 0.25) is 0 Å². The fourth-order valence-corrected chi connectivity index (χ4v) is 1.47. The van der Waals surface area contributed by atoms with Gasteiger partial charge < -0.3 is 9.47 Å². The van der Waals surface area contributed by atoms with Crippen molar-refractivity contribution in [2.75, 3.05) is 19.8 Å². The lowest BCUT2D eigenvalue weighted by atomic mass is 9.97. The Balaban J connectivity index is 2.30. The molecule has 1 saturated heterocycles. The lowest BCUT2D eigenvalue weighted by Gasteiger charge is -2.28. The Labute approximate surface area is 68.9 Å². The Morgan fingerprint density at radius 1 is 1.55 bits per heavy atom. The van der Waals surface area contributed by atoms with Crippen LogP contribution < -0.4 is 0 Å². The molecule has 1 radical (unpaired) electrons. The molecular weight excluding hydrogens is 140 g/mol. The highest BCUT2D eigenvalue weighted by atomic mass is 16.6. The maximum atomic E-state index is 5.57. The average Bonchev–Trinajstić information content (AvgIpc) is 2.09. The summed E-state index contributed by atoms with van der Waals surface area (Å²) >= 11 is 0.